The van der Waals surface area contributed by atoms with Gasteiger partial charge >= 0.3 is 12.0 Å². The van der Waals surface area contributed by atoms with Gasteiger partial charge < -0.3 is 10.4 Å². The molecule has 3 N–H and O–H groups in total. The number of carboxylic acid groups (broad SMARTS) is 1. The van der Waals surface area contributed by atoms with Crippen LogP contribution in [-0.2, 0) is 16.1 Å². The summed E-state index contributed by atoms with van der Waals surface area (Å²) >= 11 is 0. The van der Waals surface area contributed by atoms with Crippen molar-refractivity contribution in [2.24, 2.45) is 11.3 Å². The van der Waals surface area contributed by atoms with Crippen LogP contribution in [0.25, 0.3) is 0 Å². The number of nitrogens with zero attached hydrogens (tertiary/aromatic N) is 1. The van der Waals surface area contributed by atoms with Gasteiger partial charge in [0.05, 0.1) is 12.0 Å². The third-order valence-electron chi connectivity index (χ3n) is 5.28. The number of carbonyl (C=O) groups is 3. The molecule has 1 aliphatic heterocycles. The van der Waals surface area contributed by atoms with Crippen LogP contribution < -0.4 is 10.6 Å². The first-order valence-corrected chi connectivity index (χ1v) is 8.57. The molecule has 2 atom stereocenters. The number of imide groups is 1. The van der Waals surface area contributed by atoms with Crippen molar-refractivity contribution in [3.8, 4) is 0 Å². The summed E-state index contributed by atoms with van der Waals surface area (Å²) < 4.78 is 0. The summed E-state index contributed by atoms with van der Waals surface area (Å²) in [5.41, 5.74) is 0.233. The summed E-state index contributed by atoms with van der Waals surface area (Å²) in [4.78, 5) is 37.4. The molecular formula is C18H23N3O4. The van der Waals surface area contributed by atoms with Crippen LogP contribution in [-0.4, -0.2) is 47.5 Å². The molecule has 2 aliphatic rings. The van der Waals surface area contributed by atoms with Gasteiger partial charge in [-0.25, -0.2) is 4.79 Å². The molecule has 0 radical (unpaired) electrons. The Hall–Kier alpha value is -2.41. The molecule has 0 spiro atoms. The normalized spacial score (nSPS) is 25.4. The Morgan fingerprint density at radius 3 is 2.68 bits per heavy atom. The zero-order valence-corrected chi connectivity index (χ0v) is 14.0. The van der Waals surface area contributed by atoms with Crippen LogP contribution >= 0.6 is 0 Å². The van der Waals surface area contributed by atoms with Crippen LogP contribution in [0.5, 0.6) is 0 Å². The average Bonchev–Trinajstić information content (AvgIpc) is 3.11. The predicted molar refractivity (Wildman–Crippen MR) is 90.7 cm³/mol. The van der Waals surface area contributed by atoms with E-state index in [2.05, 4.69) is 10.6 Å². The fourth-order valence-electron chi connectivity index (χ4n) is 4.06. The molecule has 1 saturated carbocycles. The lowest BCUT2D eigenvalue weighted by atomic mass is 9.81. The highest BCUT2D eigenvalue weighted by atomic mass is 16.4. The highest BCUT2D eigenvalue weighted by Gasteiger charge is 2.54. The number of hydrogen-bond acceptors (Lipinski definition) is 4. The first-order valence-electron chi connectivity index (χ1n) is 8.57. The van der Waals surface area contributed by atoms with Crippen LogP contribution in [0.2, 0.25) is 0 Å². The van der Waals surface area contributed by atoms with E-state index >= 15 is 0 Å². The number of carboxylic acids is 1. The van der Waals surface area contributed by atoms with Crippen molar-refractivity contribution in [2.75, 3.05) is 19.6 Å². The molecule has 1 heterocycles. The molecule has 25 heavy (non-hydrogen) atoms. The number of rotatable bonds is 5. The van der Waals surface area contributed by atoms with Crippen molar-refractivity contribution in [1.82, 2.24) is 15.5 Å². The van der Waals surface area contributed by atoms with Gasteiger partial charge in [-0.15, -0.1) is 0 Å². The highest BCUT2D eigenvalue weighted by molar-refractivity contribution is 5.95. The molecule has 1 aromatic rings. The first kappa shape index (κ1) is 17.4. The van der Waals surface area contributed by atoms with Crippen molar-refractivity contribution in [3.05, 3.63) is 35.9 Å². The van der Waals surface area contributed by atoms with Gasteiger partial charge in [-0.1, -0.05) is 36.8 Å². The summed E-state index contributed by atoms with van der Waals surface area (Å²) in [5, 5.41) is 14.5. The minimum Gasteiger partial charge on any atom is -0.481 e. The lowest BCUT2D eigenvalue weighted by Gasteiger charge is -2.23. The second-order valence-corrected chi connectivity index (χ2v) is 6.94. The molecular weight excluding hydrogens is 322 g/mol. The SMILES string of the molecule is O=C(CN1C[C@@H]2CCC[C@@]2(C(=O)O)C1)NC(=O)NCc1ccccc1. The number of carbonyl (C=O) groups excluding carboxylic acids is 2. The number of amides is 3. The summed E-state index contributed by atoms with van der Waals surface area (Å²) in [5.74, 6) is -1.07. The molecule has 7 heteroatoms. The molecule has 1 aliphatic carbocycles. The molecule has 3 rings (SSSR count). The van der Waals surface area contributed by atoms with Crippen molar-refractivity contribution in [2.45, 2.75) is 25.8 Å². The van der Waals surface area contributed by atoms with E-state index in [1.807, 2.05) is 35.2 Å². The van der Waals surface area contributed by atoms with Gasteiger partial charge in [-0.3, -0.25) is 19.8 Å². The first-order chi connectivity index (χ1) is 12.0. The number of aliphatic carboxylic acids is 1. The fourth-order valence-corrected chi connectivity index (χ4v) is 4.06. The Bertz CT molecular complexity index is 664. The standard InChI is InChI=1S/C18H23N3O4/c22-15(20-17(25)19-9-13-5-2-1-3-6-13)11-21-10-14-7-4-8-18(14,12-21)16(23)24/h1-3,5-6,14H,4,7-12H2,(H,23,24)(H2,19,20,22,25)/t14-,18+/m0/s1. The third kappa shape index (κ3) is 3.82. The van der Waals surface area contributed by atoms with Crippen LogP contribution in [0.3, 0.4) is 0 Å². The van der Waals surface area contributed by atoms with Crippen LogP contribution in [0, 0.1) is 11.3 Å². The van der Waals surface area contributed by atoms with Crippen LogP contribution in [0.1, 0.15) is 24.8 Å². The maximum atomic E-state index is 12.1. The van der Waals surface area contributed by atoms with E-state index in [1.54, 1.807) is 0 Å². The third-order valence-corrected chi connectivity index (χ3v) is 5.28. The molecule has 0 unspecified atom stereocenters. The van der Waals surface area contributed by atoms with Crippen LogP contribution in [0.15, 0.2) is 30.3 Å². The quantitative estimate of drug-likeness (QED) is 0.745. The molecule has 2 fully saturated rings. The molecule has 1 aromatic carbocycles. The summed E-state index contributed by atoms with van der Waals surface area (Å²) in [7, 11) is 0. The number of benzene rings is 1. The van der Waals surface area contributed by atoms with Crippen molar-refractivity contribution in [3.63, 3.8) is 0 Å². The molecule has 3 amide bonds. The number of hydrogen-bond donors (Lipinski definition) is 3. The Morgan fingerprint density at radius 1 is 1.24 bits per heavy atom. The maximum absolute atomic E-state index is 12.1. The maximum Gasteiger partial charge on any atom is 0.321 e. The van der Waals surface area contributed by atoms with Gasteiger partial charge in [-0.2, -0.15) is 0 Å². The van der Waals surface area contributed by atoms with Crippen molar-refractivity contribution >= 4 is 17.9 Å². The van der Waals surface area contributed by atoms with E-state index in [9.17, 15) is 19.5 Å². The average molecular weight is 345 g/mol. The minimum absolute atomic E-state index is 0.0459. The lowest BCUT2D eigenvalue weighted by Crippen LogP contribution is -2.44. The Labute approximate surface area is 146 Å². The molecule has 134 valence electrons. The van der Waals surface area contributed by atoms with Crippen LogP contribution in [0.4, 0.5) is 4.79 Å². The zero-order valence-electron chi connectivity index (χ0n) is 14.0. The summed E-state index contributed by atoms with van der Waals surface area (Å²) in [6.45, 7) is 1.37. The van der Waals surface area contributed by atoms with E-state index in [1.165, 1.54) is 0 Å². The van der Waals surface area contributed by atoms with E-state index in [0.29, 0.717) is 26.1 Å². The van der Waals surface area contributed by atoms with E-state index in [-0.39, 0.29) is 12.5 Å². The van der Waals surface area contributed by atoms with Gasteiger partial charge in [0.2, 0.25) is 5.91 Å². The lowest BCUT2D eigenvalue weighted by molar-refractivity contribution is -0.149. The predicted octanol–water partition coefficient (Wildman–Crippen LogP) is 1.20. The van der Waals surface area contributed by atoms with Gasteiger partial charge in [0, 0.05) is 19.6 Å². The zero-order chi connectivity index (χ0) is 17.9. The smallest absolute Gasteiger partial charge is 0.321 e. The second kappa shape index (κ2) is 7.23. The Morgan fingerprint density at radius 2 is 2.00 bits per heavy atom. The summed E-state index contributed by atoms with van der Waals surface area (Å²) in [6.07, 6.45) is 2.49. The minimum atomic E-state index is -0.765. The van der Waals surface area contributed by atoms with Crippen molar-refractivity contribution < 1.29 is 19.5 Å². The number of fused-ring (bicyclic) bond motifs is 1. The molecule has 0 aromatic heterocycles. The van der Waals surface area contributed by atoms with E-state index in [0.717, 1.165) is 18.4 Å². The number of nitrogens with one attached hydrogen (secondary N) is 2. The molecule has 1 saturated heterocycles. The van der Waals surface area contributed by atoms with Gasteiger partial charge in [0.25, 0.3) is 0 Å². The Balaban J connectivity index is 1.45. The van der Waals surface area contributed by atoms with E-state index in [4.69, 9.17) is 0 Å². The van der Waals surface area contributed by atoms with Gasteiger partial charge in [0.15, 0.2) is 0 Å². The largest absolute Gasteiger partial charge is 0.481 e. The molecule has 7 nitrogen and oxygen atoms in total. The highest BCUT2D eigenvalue weighted by Crippen LogP contribution is 2.48. The van der Waals surface area contributed by atoms with Gasteiger partial charge in [0.1, 0.15) is 0 Å². The number of likely N-dealkylation sites (tertiary alicyclic amines) is 1. The monoisotopic (exact) mass is 345 g/mol. The topological polar surface area (TPSA) is 98.7 Å². The summed E-state index contributed by atoms with van der Waals surface area (Å²) in [6, 6.07) is 8.88. The van der Waals surface area contributed by atoms with E-state index < -0.39 is 23.3 Å². The second-order valence-electron chi connectivity index (χ2n) is 6.94. The fraction of sp³-hybridized carbons (Fsp3) is 0.500. The van der Waals surface area contributed by atoms with Gasteiger partial charge in [-0.05, 0) is 24.3 Å². The molecule has 0 bridgehead atoms. The number of urea groups is 1. The van der Waals surface area contributed by atoms with Crippen molar-refractivity contribution in [1.29, 1.82) is 0 Å². The Kier molecular flexibility index (Phi) is 5.03.